The van der Waals surface area contributed by atoms with Gasteiger partial charge in [0.15, 0.2) is 5.82 Å². The van der Waals surface area contributed by atoms with Crippen molar-refractivity contribution in [2.45, 2.75) is 12.3 Å². The lowest BCUT2D eigenvalue weighted by atomic mass is 10.3. The SMILES string of the molecule is CN(C)Cc1scc(CSCCNc2cnsn2)c1N. The third-order valence-corrected chi connectivity index (χ3v) is 5.14. The topological polar surface area (TPSA) is 67.1 Å². The predicted molar refractivity (Wildman–Crippen MR) is 90.7 cm³/mol. The zero-order chi connectivity index (χ0) is 14.4. The van der Waals surface area contributed by atoms with E-state index in [0.29, 0.717) is 0 Å². The highest BCUT2D eigenvalue weighted by Gasteiger charge is 2.09. The minimum atomic E-state index is 0.860. The summed E-state index contributed by atoms with van der Waals surface area (Å²) in [6.45, 7) is 1.81. The number of aromatic nitrogens is 2. The molecule has 2 aromatic rings. The van der Waals surface area contributed by atoms with E-state index in [4.69, 9.17) is 5.73 Å². The Morgan fingerprint density at radius 3 is 3.00 bits per heavy atom. The first kappa shape index (κ1) is 15.6. The number of thioether (sulfide) groups is 1. The second-order valence-corrected chi connectivity index (χ2v) is 7.23. The van der Waals surface area contributed by atoms with Crippen LogP contribution in [0.15, 0.2) is 11.6 Å². The van der Waals surface area contributed by atoms with Crippen LogP contribution in [-0.4, -0.2) is 40.0 Å². The van der Waals surface area contributed by atoms with Gasteiger partial charge in [0.05, 0.1) is 23.6 Å². The minimum absolute atomic E-state index is 0.860. The van der Waals surface area contributed by atoms with Gasteiger partial charge in [-0.2, -0.15) is 20.5 Å². The second kappa shape index (κ2) is 7.82. The van der Waals surface area contributed by atoms with E-state index in [0.717, 1.165) is 36.1 Å². The summed E-state index contributed by atoms with van der Waals surface area (Å²) in [4.78, 5) is 3.41. The standard InChI is InChI=1S/C12H19N5S3/c1-17(2)6-10-12(13)9(8-19-10)7-18-4-3-14-11-5-15-20-16-11/h5,8H,3-4,6-7,13H2,1-2H3,(H,14,16). The lowest BCUT2D eigenvalue weighted by molar-refractivity contribution is 0.407. The van der Waals surface area contributed by atoms with Gasteiger partial charge in [-0.3, -0.25) is 0 Å². The zero-order valence-electron chi connectivity index (χ0n) is 11.6. The van der Waals surface area contributed by atoms with E-state index in [-0.39, 0.29) is 0 Å². The van der Waals surface area contributed by atoms with Crippen molar-refractivity contribution in [1.29, 1.82) is 0 Å². The molecule has 0 spiro atoms. The Morgan fingerprint density at radius 1 is 1.45 bits per heavy atom. The van der Waals surface area contributed by atoms with Crippen LogP contribution in [0.3, 0.4) is 0 Å². The molecule has 0 bridgehead atoms. The highest BCUT2D eigenvalue weighted by molar-refractivity contribution is 7.98. The molecular weight excluding hydrogens is 310 g/mol. The van der Waals surface area contributed by atoms with Gasteiger partial charge in [0.25, 0.3) is 0 Å². The molecular formula is C12H19N5S3. The van der Waals surface area contributed by atoms with Gasteiger partial charge in [-0.05, 0) is 25.0 Å². The number of nitrogens with one attached hydrogen (secondary N) is 1. The molecule has 0 aliphatic rings. The maximum Gasteiger partial charge on any atom is 0.160 e. The number of rotatable bonds is 8. The van der Waals surface area contributed by atoms with Crippen LogP contribution in [0.25, 0.3) is 0 Å². The van der Waals surface area contributed by atoms with Crippen LogP contribution >= 0.6 is 34.8 Å². The normalized spacial score (nSPS) is 11.2. The van der Waals surface area contributed by atoms with Crippen molar-refractivity contribution in [3.8, 4) is 0 Å². The second-order valence-electron chi connectivity index (χ2n) is 4.61. The largest absolute Gasteiger partial charge is 0.398 e. The highest BCUT2D eigenvalue weighted by atomic mass is 32.2. The first-order valence-corrected chi connectivity index (χ1v) is 9.02. The van der Waals surface area contributed by atoms with E-state index in [1.54, 1.807) is 17.5 Å². The van der Waals surface area contributed by atoms with E-state index in [1.807, 2.05) is 11.8 Å². The van der Waals surface area contributed by atoms with Crippen molar-refractivity contribution in [1.82, 2.24) is 13.6 Å². The maximum absolute atomic E-state index is 6.18. The number of hydrogen-bond acceptors (Lipinski definition) is 8. The van der Waals surface area contributed by atoms with Crippen LogP contribution in [0.5, 0.6) is 0 Å². The average Bonchev–Trinajstić information content (AvgIpc) is 3.02. The van der Waals surface area contributed by atoms with Gasteiger partial charge < -0.3 is 16.0 Å². The van der Waals surface area contributed by atoms with Gasteiger partial charge in [-0.1, -0.05) is 0 Å². The van der Waals surface area contributed by atoms with Crippen molar-refractivity contribution >= 4 is 46.3 Å². The van der Waals surface area contributed by atoms with Crippen molar-refractivity contribution in [2.75, 3.05) is 37.4 Å². The predicted octanol–water partition coefficient (Wildman–Crippen LogP) is 2.59. The molecule has 2 heterocycles. The molecule has 0 radical (unpaired) electrons. The van der Waals surface area contributed by atoms with Crippen LogP contribution in [-0.2, 0) is 12.3 Å². The Morgan fingerprint density at radius 2 is 2.30 bits per heavy atom. The molecule has 8 heteroatoms. The average molecular weight is 330 g/mol. The molecule has 0 saturated heterocycles. The van der Waals surface area contributed by atoms with Crippen LogP contribution in [0.4, 0.5) is 11.5 Å². The van der Waals surface area contributed by atoms with Gasteiger partial charge in [-0.15, -0.1) is 11.3 Å². The minimum Gasteiger partial charge on any atom is -0.398 e. The third kappa shape index (κ3) is 4.62. The third-order valence-electron chi connectivity index (χ3n) is 2.62. The van der Waals surface area contributed by atoms with Crippen molar-refractivity contribution in [3.05, 3.63) is 22.0 Å². The van der Waals surface area contributed by atoms with Crippen LogP contribution < -0.4 is 11.1 Å². The smallest absolute Gasteiger partial charge is 0.160 e. The summed E-state index contributed by atoms with van der Waals surface area (Å²) in [5, 5.41) is 5.42. The molecule has 0 aliphatic carbocycles. The number of nitrogen functional groups attached to an aromatic ring is 1. The molecule has 0 unspecified atom stereocenters. The Kier molecular flexibility index (Phi) is 6.08. The monoisotopic (exact) mass is 329 g/mol. The molecule has 0 atom stereocenters. The fraction of sp³-hybridized carbons (Fsp3) is 0.500. The van der Waals surface area contributed by atoms with Crippen molar-refractivity contribution < 1.29 is 0 Å². The van der Waals surface area contributed by atoms with E-state index in [9.17, 15) is 0 Å². The molecule has 0 saturated carbocycles. The van der Waals surface area contributed by atoms with Gasteiger partial charge in [0, 0.05) is 29.5 Å². The van der Waals surface area contributed by atoms with Crippen molar-refractivity contribution in [2.24, 2.45) is 0 Å². The number of hydrogen-bond donors (Lipinski definition) is 2. The summed E-state index contributed by atoms with van der Waals surface area (Å²) in [6.07, 6.45) is 1.75. The lowest BCUT2D eigenvalue weighted by Gasteiger charge is -2.08. The van der Waals surface area contributed by atoms with E-state index in [1.165, 1.54) is 22.2 Å². The Labute approximate surface area is 131 Å². The summed E-state index contributed by atoms with van der Waals surface area (Å²) in [6, 6.07) is 0. The molecule has 110 valence electrons. The Hall–Kier alpha value is -0.830. The van der Waals surface area contributed by atoms with E-state index < -0.39 is 0 Å². The number of nitrogens with zero attached hydrogens (tertiary/aromatic N) is 3. The van der Waals surface area contributed by atoms with Gasteiger partial charge >= 0.3 is 0 Å². The summed E-state index contributed by atoms with van der Waals surface area (Å²) in [7, 11) is 4.12. The molecule has 3 N–H and O–H groups in total. The molecule has 2 aromatic heterocycles. The molecule has 0 amide bonds. The van der Waals surface area contributed by atoms with Crippen molar-refractivity contribution in [3.63, 3.8) is 0 Å². The summed E-state index contributed by atoms with van der Waals surface area (Å²) in [5.74, 6) is 2.85. The summed E-state index contributed by atoms with van der Waals surface area (Å²) in [5.41, 5.74) is 8.40. The van der Waals surface area contributed by atoms with Gasteiger partial charge in [0.2, 0.25) is 0 Å². The van der Waals surface area contributed by atoms with Gasteiger partial charge in [-0.25, -0.2) is 0 Å². The first-order chi connectivity index (χ1) is 9.66. The molecule has 5 nitrogen and oxygen atoms in total. The van der Waals surface area contributed by atoms with E-state index in [2.05, 4.69) is 38.4 Å². The zero-order valence-corrected chi connectivity index (χ0v) is 14.1. The van der Waals surface area contributed by atoms with Crippen LogP contribution in [0, 0.1) is 0 Å². The Bertz CT molecular complexity index is 509. The van der Waals surface area contributed by atoms with Crippen LogP contribution in [0.2, 0.25) is 0 Å². The molecule has 0 fully saturated rings. The number of thiophene rings is 1. The fourth-order valence-electron chi connectivity index (χ4n) is 1.65. The quantitative estimate of drug-likeness (QED) is 0.726. The summed E-state index contributed by atoms with van der Waals surface area (Å²) >= 11 is 4.86. The van der Waals surface area contributed by atoms with Gasteiger partial charge in [0.1, 0.15) is 0 Å². The molecule has 2 rings (SSSR count). The van der Waals surface area contributed by atoms with E-state index >= 15 is 0 Å². The molecule has 0 aliphatic heterocycles. The molecule has 0 aromatic carbocycles. The summed E-state index contributed by atoms with van der Waals surface area (Å²) < 4.78 is 8.05. The molecule has 20 heavy (non-hydrogen) atoms. The lowest BCUT2D eigenvalue weighted by Crippen LogP contribution is -2.10. The fourth-order valence-corrected chi connectivity index (χ4v) is 4.08. The first-order valence-electron chi connectivity index (χ1n) is 6.25. The highest BCUT2D eigenvalue weighted by Crippen LogP contribution is 2.29. The van der Waals surface area contributed by atoms with Crippen LogP contribution in [0.1, 0.15) is 10.4 Å². The Balaban J connectivity index is 1.70. The number of nitrogens with two attached hydrogens (primary N) is 1. The number of anilines is 2. The maximum atomic E-state index is 6.18.